The number of anilines is 1. The van der Waals surface area contributed by atoms with E-state index in [0.717, 1.165) is 36.8 Å². The van der Waals surface area contributed by atoms with Gasteiger partial charge in [-0.25, -0.2) is 9.50 Å². The number of aliphatic hydroxyl groups is 2. The van der Waals surface area contributed by atoms with E-state index >= 15 is 0 Å². The van der Waals surface area contributed by atoms with Gasteiger partial charge in [-0.3, -0.25) is 9.59 Å². The molecular formula is C30H36N6O6. The van der Waals surface area contributed by atoms with E-state index in [0.29, 0.717) is 11.9 Å². The smallest absolute Gasteiger partial charge is 0.306 e. The molecule has 1 saturated carbocycles. The molecule has 1 saturated heterocycles. The molecule has 0 spiro atoms. The number of nitrogens with two attached hydrogens (primary N) is 1. The minimum atomic E-state index is -2.02. The van der Waals surface area contributed by atoms with Crippen molar-refractivity contribution in [3.8, 4) is 6.07 Å². The zero-order valence-corrected chi connectivity index (χ0v) is 23.5. The van der Waals surface area contributed by atoms with Crippen molar-refractivity contribution in [1.82, 2.24) is 14.6 Å². The van der Waals surface area contributed by atoms with Crippen molar-refractivity contribution in [2.45, 2.75) is 81.8 Å². The Balaban J connectivity index is 1.29. The highest BCUT2D eigenvalue weighted by Gasteiger charge is 2.57. The Bertz CT molecular complexity index is 1460. The second-order valence-corrected chi connectivity index (χ2v) is 11.2. The number of nitriles is 1. The minimum absolute atomic E-state index is 0.115. The summed E-state index contributed by atoms with van der Waals surface area (Å²) in [5.74, 6) is -0.432. The van der Waals surface area contributed by atoms with E-state index in [-0.39, 0.29) is 30.5 Å². The lowest BCUT2D eigenvalue weighted by atomic mass is 9.87. The Morgan fingerprint density at radius 1 is 1.21 bits per heavy atom. The number of benzene rings is 1. The van der Waals surface area contributed by atoms with E-state index in [1.807, 2.05) is 37.3 Å². The number of hydrogen-bond donors (Lipinski definition) is 4. The van der Waals surface area contributed by atoms with Gasteiger partial charge in [-0.1, -0.05) is 49.1 Å². The number of aromatic nitrogens is 3. The normalized spacial score (nSPS) is 25.2. The number of nitrogens with one attached hydrogen (secondary N) is 1. The summed E-state index contributed by atoms with van der Waals surface area (Å²) in [5.41, 5.74) is 6.59. The van der Waals surface area contributed by atoms with Crippen LogP contribution in [0.15, 0.2) is 42.7 Å². The van der Waals surface area contributed by atoms with Crippen LogP contribution in [-0.4, -0.2) is 67.6 Å². The van der Waals surface area contributed by atoms with Crippen molar-refractivity contribution in [1.29, 1.82) is 5.26 Å². The first-order valence-corrected chi connectivity index (χ1v) is 14.3. The van der Waals surface area contributed by atoms with Gasteiger partial charge >= 0.3 is 5.97 Å². The van der Waals surface area contributed by atoms with Crippen LogP contribution in [0.25, 0.3) is 5.52 Å². The molecule has 2 fully saturated rings. The molecule has 12 heteroatoms. The van der Waals surface area contributed by atoms with Crippen molar-refractivity contribution in [3.63, 3.8) is 0 Å². The van der Waals surface area contributed by atoms with E-state index in [1.54, 1.807) is 6.07 Å². The third-order valence-corrected chi connectivity index (χ3v) is 8.20. The predicted octanol–water partition coefficient (Wildman–Crippen LogP) is 1.90. The summed E-state index contributed by atoms with van der Waals surface area (Å²) in [7, 11) is 0. The Morgan fingerprint density at radius 3 is 2.67 bits per heavy atom. The number of carbonyl (C=O) groups is 2. The molecule has 42 heavy (non-hydrogen) atoms. The summed E-state index contributed by atoms with van der Waals surface area (Å²) in [6.45, 7) is 1.66. The van der Waals surface area contributed by atoms with Crippen LogP contribution in [0.3, 0.4) is 0 Å². The molecule has 1 aromatic carbocycles. The summed E-state index contributed by atoms with van der Waals surface area (Å²) in [6, 6.07) is 11.9. The molecule has 5 atom stereocenters. The number of esters is 1. The van der Waals surface area contributed by atoms with E-state index < -0.39 is 41.8 Å². The lowest BCUT2D eigenvalue weighted by Crippen LogP contribution is -2.41. The van der Waals surface area contributed by atoms with Crippen LogP contribution in [0, 0.1) is 24.2 Å². The molecule has 1 aliphatic heterocycles. The highest BCUT2D eigenvalue weighted by atomic mass is 16.6. The maximum Gasteiger partial charge on any atom is 0.306 e. The summed E-state index contributed by atoms with van der Waals surface area (Å²) >= 11 is 0. The molecule has 222 valence electrons. The molecule has 2 aliphatic rings. The van der Waals surface area contributed by atoms with Crippen LogP contribution in [0.4, 0.5) is 5.82 Å². The van der Waals surface area contributed by atoms with E-state index in [9.17, 15) is 25.1 Å². The van der Waals surface area contributed by atoms with E-state index in [1.165, 1.54) is 23.3 Å². The zero-order chi connectivity index (χ0) is 29.9. The first kappa shape index (κ1) is 29.6. The van der Waals surface area contributed by atoms with Crippen molar-refractivity contribution >= 4 is 23.2 Å². The maximum absolute atomic E-state index is 12.9. The number of nitrogens with zero attached hydrogens (tertiary/aromatic N) is 4. The summed E-state index contributed by atoms with van der Waals surface area (Å²) < 4.78 is 12.6. The van der Waals surface area contributed by atoms with Crippen molar-refractivity contribution < 1.29 is 29.3 Å². The van der Waals surface area contributed by atoms with Crippen molar-refractivity contribution in [2.24, 2.45) is 11.7 Å². The van der Waals surface area contributed by atoms with E-state index in [4.69, 9.17) is 15.2 Å². The Morgan fingerprint density at radius 2 is 1.95 bits per heavy atom. The lowest BCUT2D eigenvalue weighted by Gasteiger charge is -2.24. The fourth-order valence-electron chi connectivity index (χ4n) is 5.77. The molecule has 3 aromatic rings. The van der Waals surface area contributed by atoms with Gasteiger partial charge in [0.05, 0.1) is 11.7 Å². The largest absolute Gasteiger partial charge is 0.463 e. The Hall–Kier alpha value is -3.89. The monoisotopic (exact) mass is 576 g/mol. The molecular weight excluding hydrogens is 540 g/mol. The second kappa shape index (κ2) is 12.5. The van der Waals surface area contributed by atoms with Gasteiger partial charge in [0.15, 0.2) is 5.82 Å². The number of aryl methyl sites for hydroxylation is 1. The number of fused-ring (bicyclic) bond motifs is 1. The number of ether oxygens (including phenoxy) is 2. The van der Waals surface area contributed by atoms with Crippen LogP contribution < -0.4 is 11.1 Å². The summed E-state index contributed by atoms with van der Waals surface area (Å²) in [4.78, 5) is 29.5. The molecule has 0 bridgehead atoms. The van der Waals surface area contributed by atoms with Crippen LogP contribution in [0.2, 0.25) is 0 Å². The first-order valence-electron chi connectivity index (χ1n) is 14.3. The van der Waals surface area contributed by atoms with Crippen molar-refractivity contribution in [3.05, 3.63) is 59.5 Å². The average molecular weight is 577 g/mol. The number of rotatable bonds is 9. The van der Waals surface area contributed by atoms with Crippen LogP contribution in [-0.2, 0) is 31.1 Å². The van der Waals surface area contributed by atoms with Gasteiger partial charge in [0.1, 0.15) is 42.8 Å². The van der Waals surface area contributed by atoms with Gasteiger partial charge in [-0.15, -0.1) is 0 Å². The van der Waals surface area contributed by atoms with Gasteiger partial charge in [0.25, 0.3) is 0 Å². The van der Waals surface area contributed by atoms with Gasteiger partial charge in [0, 0.05) is 6.42 Å². The van der Waals surface area contributed by atoms with Crippen molar-refractivity contribution in [2.75, 3.05) is 11.9 Å². The second-order valence-electron chi connectivity index (χ2n) is 11.2. The summed E-state index contributed by atoms with van der Waals surface area (Å²) in [6.07, 6.45) is 2.83. The van der Waals surface area contributed by atoms with Gasteiger partial charge in [-0.2, -0.15) is 10.4 Å². The third-order valence-electron chi connectivity index (χ3n) is 8.20. The molecule has 12 nitrogen and oxygen atoms in total. The highest BCUT2D eigenvalue weighted by Crippen LogP contribution is 2.40. The quantitative estimate of drug-likeness (QED) is 0.274. The topological polar surface area (TPSA) is 185 Å². The number of aliphatic hydroxyl groups excluding tert-OH is 2. The van der Waals surface area contributed by atoms with Gasteiger partial charge in [0.2, 0.25) is 11.5 Å². The predicted molar refractivity (Wildman–Crippen MR) is 151 cm³/mol. The molecule has 1 aliphatic carbocycles. The Labute approximate surface area is 243 Å². The number of hydrogen-bond acceptors (Lipinski definition) is 10. The molecule has 1 amide bonds. The number of carbonyl (C=O) groups excluding carboxylic acids is 2. The van der Waals surface area contributed by atoms with E-state index in [2.05, 4.69) is 15.4 Å². The lowest BCUT2D eigenvalue weighted by molar-refractivity contribution is -0.152. The molecule has 3 heterocycles. The first-order chi connectivity index (χ1) is 20.2. The van der Waals surface area contributed by atoms with Crippen LogP contribution in [0.5, 0.6) is 0 Å². The van der Waals surface area contributed by atoms with Crippen LogP contribution in [0.1, 0.15) is 55.3 Å². The molecule has 5 N–H and O–H groups in total. The fourth-order valence-corrected chi connectivity index (χ4v) is 5.77. The fraction of sp³-hybridized carbons (Fsp3) is 0.500. The Kier molecular flexibility index (Phi) is 8.84. The highest BCUT2D eigenvalue weighted by molar-refractivity contribution is 5.97. The molecule has 5 rings (SSSR count). The third kappa shape index (κ3) is 6.00. The SMILES string of the molecule is Cc1ccc(C[C@H](N)C(=O)Nc2ncnn3c([C@]4(C#N)O[C@H](COC(=O)CC5CCCCC5)[C@@H](O)[C@H]4O)ccc23)cc1. The maximum atomic E-state index is 12.9. The minimum Gasteiger partial charge on any atom is -0.463 e. The molecule has 0 radical (unpaired) electrons. The van der Waals surface area contributed by atoms with Gasteiger partial charge in [-0.05, 0) is 49.8 Å². The standard InChI is InChI=1S/C30H36N6O6/c1-18-7-9-20(10-8-18)13-21(32)29(40)35-28-22-11-12-24(36(22)34-17-33-28)30(16-31)27(39)26(38)23(42-30)15-41-25(37)14-19-5-3-2-4-6-19/h7-12,17,19,21,23,26-27,38-39H,2-6,13-15,32H2,1H3,(H,33,34,35,40)/t21-,23+,26+,27+,30-/m0/s1. The van der Waals surface area contributed by atoms with Gasteiger partial charge < -0.3 is 30.7 Å². The molecule has 0 unspecified atom stereocenters. The number of amides is 1. The van der Waals surface area contributed by atoms with Crippen LogP contribution >= 0.6 is 0 Å². The zero-order valence-electron chi connectivity index (χ0n) is 23.5. The summed E-state index contributed by atoms with van der Waals surface area (Å²) in [5, 5.41) is 38.9. The molecule has 2 aromatic heterocycles. The average Bonchev–Trinajstić information content (AvgIpc) is 3.54.